The maximum absolute atomic E-state index is 5.54. The van der Waals surface area contributed by atoms with Crippen LogP contribution in [0.4, 0.5) is 0 Å². The first-order valence-electron chi connectivity index (χ1n) is 11.9. The molecule has 28 heavy (non-hydrogen) atoms. The van der Waals surface area contributed by atoms with Gasteiger partial charge in [-0.25, -0.2) is 0 Å². The van der Waals surface area contributed by atoms with Gasteiger partial charge in [-0.1, -0.05) is 84.0 Å². The van der Waals surface area contributed by atoms with Crippen LogP contribution in [0.5, 0.6) is 0 Å². The fourth-order valence-electron chi connectivity index (χ4n) is 3.84. The molecule has 0 spiro atoms. The fourth-order valence-corrected chi connectivity index (χ4v) is 5.83. The molecule has 0 aromatic carbocycles. The third-order valence-electron chi connectivity index (χ3n) is 6.07. The highest BCUT2D eigenvalue weighted by Gasteiger charge is 2.39. The summed E-state index contributed by atoms with van der Waals surface area (Å²) in [7, 11) is 7.29. The SMILES string of the molecule is CCCCCCCCCCCCCCCC[N+](C)(C)CC[Si](OC)(OC)OC. The highest BCUT2D eigenvalue weighted by atomic mass is 28.4. The Morgan fingerprint density at radius 3 is 1.25 bits per heavy atom. The Labute approximate surface area is 178 Å². The van der Waals surface area contributed by atoms with E-state index in [0.29, 0.717) is 0 Å². The maximum Gasteiger partial charge on any atom is 0.505 e. The Kier molecular flexibility index (Phi) is 17.9. The molecule has 0 aromatic heterocycles. The van der Waals surface area contributed by atoms with Crippen molar-refractivity contribution in [3.8, 4) is 0 Å². The largest absolute Gasteiger partial charge is 0.505 e. The summed E-state index contributed by atoms with van der Waals surface area (Å²) in [5, 5.41) is 0. The van der Waals surface area contributed by atoms with Gasteiger partial charge in [-0.15, -0.1) is 0 Å². The maximum atomic E-state index is 5.54. The van der Waals surface area contributed by atoms with Crippen molar-refractivity contribution in [2.24, 2.45) is 0 Å². The molecule has 0 amide bonds. The number of nitrogens with zero attached hydrogens (tertiary/aromatic N) is 1. The molecule has 0 rings (SSSR count). The molecular formula is C23H52NO3Si+. The van der Waals surface area contributed by atoms with Gasteiger partial charge in [-0.3, -0.25) is 0 Å². The molecule has 0 aromatic rings. The number of hydrogen-bond acceptors (Lipinski definition) is 3. The minimum atomic E-state index is -2.43. The van der Waals surface area contributed by atoms with Crippen LogP contribution in [-0.4, -0.2) is 61.8 Å². The first kappa shape index (κ1) is 28.1. The molecule has 170 valence electrons. The van der Waals surface area contributed by atoms with E-state index in [1.807, 2.05) is 0 Å². The van der Waals surface area contributed by atoms with Gasteiger partial charge >= 0.3 is 8.80 Å². The summed E-state index contributed by atoms with van der Waals surface area (Å²) in [6, 6.07) is 0.877. The molecule has 0 bridgehead atoms. The summed E-state index contributed by atoms with van der Waals surface area (Å²) >= 11 is 0. The van der Waals surface area contributed by atoms with E-state index in [9.17, 15) is 0 Å². The molecule has 0 saturated carbocycles. The summed E-state index contributed by atoms with van der Waals surface area (Å²) in [5.41, 5.74) is 0. The van der Waals surface area contributed by atoms with Crippen LogP contribution in [0, 0.1) is 0 Å². The first-order valence-corrected chi connectivity index (χ1v) is 13.9. The molecule has 4 nitrogen and oxygen atoms in total. The lowest BCUT2D eigenvalue weighted by Crippen LogP contribution is -2.49. The molecule has 0 atom stereocenters. The lowest BCUT2D eigenvalue weighted by atomic mass is 10.0. The van der Waals surface area contributed by atoms with Crippen molar-refractivity contribution >= 4 is 8.80 Å². The van der Waals surface area contributed by atoms with E-state index in [-0.39, 0.29) is 0 Å². The molecule has 0 radical (unpaired) electrons. The van der Waals surface area contributed by atoms with Gasteiger partial charge in [-0.2, -0.15) is 0 Å². The van der Waals surface area contributed by atoms with Crippen LogP contribution < -0.4 is 0 Å². The third-order valence-corrected chi connectivity index (χ3v) is 8.78. The van der Waals surface area contributed by atoms with E-state index >= 15 is 0 Å². The average Bonchev–Trinajstić information content (AvgIpc) is 2.69. The third kappa shape index (κ3) is 15.0. The van der Waals surface area contributed by atoms with Gasteiger partial charge in [0.25, 0.3) is 0 Å². The Balaban J connectivity index is 3.54. The molecule has 0 fully saturated rings. The summed E-state index contributed by atoms with van der Waals surface area (Å²) in [4.78, 5) is 0. The van der Waals surface area contributed by atoms with Gasteiger partial charge in [0.1, 0.15) is 0 Å². The topological polar surface area (TPSA) is 27.7 Å². The first-order chi connectivity index (χ1) is 13.4. The second-order valence-corrected chi connectivity index (χ2v) is 12.1. The smallest absolute Gasteiger partial charge is 0.377 e. The quantitative estimate of drug-likeness (QED) is 0.122. The van der Waals surface area contributed by atoms with Crippen molar-refractivity contribution in [1.29, 1.82) is 0 Å². The number of hydrogen-bond donors (Lipinski definition) is 0. The lowest BCUT2D eigenvalue weighted by Gasteiger charge is -2.33. The van der Waals surface area contributed by atoms with Crippen molar-refractivity contribution in [2.75, 3.05) is 48.5 Å². The molecule has 0 unspecified atom stereocenters. The standard InChI is InChI=1S/C23H52NO3Si/c1-7-8-9-10-11-12-13-14-15-16-17-18-19-20-21-24(2,3)22-23-28(25-4,26-5)27-6/h7-23H2,1-6H3/q+1. The van der Waals surface area contributed by atoms with Gasteiger partial charge in [0, 0.05) is 21.3 Å². The summed E-state index contributed by atoms with van der Waals surface area (Å²) < 4.78 is 17.6. The van der Waals surface area contributed by atoms with E-state index in [2.05, 4.69) is 21.0 Å². The summed E-state index contributed by atoms with van der Waals surface area (Å²) in [6.45, 7) is 4.55. The minimum absolute atomic E-state index is 0.877. The van der Waals surface area contributed by atoms with Crippen molar-refractivity contribution in [3.63, 3.8) is 0 Å². The van der Waals surface area contributed by atoms with E-state index < -0.39 is 8.80 Å². The van der Waals surface area contributed by atoms with Gasteiger partial charge in [0.15, 0.2) is 0 Å². The summed E-state index contributed by atoms with van der Waals surface area (Å²) in [6.07, 6.45) is 19.8. The van der Waals surface area contributed by atoms with E-state index in [0.717, 1.165) is 17.1 Å². The molecule has 0 aliphatic carbocycles. The normalized spacial score (nSPS) is 12.6. The molecule has 0 N–H and O–H groups in total. The van der Waals surface area contributed by atoms with Crippen molar-refractivity contribution in [2.45, 2.75) is 103 Å². The van der Waals surface area contributed by atoms with Crippen LogP contribution in [0.3, 0.4) is 0 Å². The van der Waals surface area contributed by atoms with E-state index in [1.165, 1.54) is 96.4 Å². The highest BCUT2D eigenvalue weighted by molar-refractivity contribution is 6.60. The highest BCUT2D eigenvalue weighted by Crippen LogP contribution is 2.17. The number of unbranched alkanes of at least 4 members (excludes halogenated alkanes) is 13. The van der Waals surface area contributed by atoms with Gasteiger partial charge in [-0.05, 0) is 12.8 Å². The lowest BCUT2D eigenvalue weighted by molar-refractivity contribution is -0.888. The predicted octanol–water partition coefficient (Wildman–Crippen LogP) is 6.42. The Bertz CT molecular complexity index is 328. The van der Waals surface area contributed by atoms with Crippen LogP contribution in [0.1, 0.15) is 96.8 Å². The van der Waals surface area contributed by atoms with Gasteiger partial charge in [0.05, 0.1) is 33.2 Å². The Morgan fingerprint density at radius 1 is 0.536 bits per heavy atom. The van der Waals surface area contributed by atoms with Crippen molar-refractivity contribution in [1.82, 2.24) is 0 Å². The average molecular weight is 419 g/mol. The number of quaternary nitrogens is 1. The number of rotatable bonds is 21. The molecule has 0 aliphatic rings. The Hall–Kier alpha value is 0.0569. The molecule has 0 aliphatic heterocycles. The molecular weight excluding hydrogens is 366 g/mol. The van der Waals surface area contributed by atoms with Gasteiger partial charge < -0.3 is 17.8 Å². The second kappa shape index (κ2) is 17.9. The zero-order valence-electron chi connectivity index (χ0n) is 20.2. The van der Waals surface area contributed by atoms with Crippen LogP contribution >= 0.6 is 0 Å². The zero-order chi connectivity index (χ0) is 21.1. The second-order valence-electron chi connectivity index (χ2n) is 9.02. The zero-order valence-corrected chi connectivity index (χ0v) is 21.2. The van der Waals surface area contributed by atoms with Gasteiger partial charge in [0.2, 0.25) is 0 Å². The summed E-state index contributed by atoms with van der Waals surface area (Å²) in [5.74, 6) is 0. The van der Waals surface area contributed by atoms with E-state index in [1.54, 1.807) is 21.3 Å². The fraction of sp³-hybridized carbons (Fsp3) is 1.00. The predicted molar refractivity (Wildman–Crippen MR) is 124 cm³/mol. The minimum Gasteiger partial charge on any atom is -0.377 e. The van der Waals surface area contributed by atoms with Crippen LogP contribution in [0.2, 0.25) is 6.04 Å². The van der Waals surface area contributed by atoms with E-state index in [4.69, 9.17) is 13.3 Å². The Morgan fingerprint density at radius 2 is 0.893 bits per heavy atom. The monoisotopic (exact) mass is 418 g/mol. The van der Waals surface area contributed by atoms with Crippen LogP contribution in [0.25, 0.3) is 0 Å². The van der Waals surface area contributed by atoms with Crippen LogP contribution in [-0.2, 0) is 13.3 Å². The molecule has 5 heteroatoms. The van der Waals surface area contributed by atoms with Crippen molar-refractivity contribution < 1.29 is 17.8 Å². The molecule has 0 heterocycles. The molecule has 0 saturated heterocycles. The van der Waals surface area contributed by atoms with Crippen molar-refractivity contribution in [3.05, 3.63) is 0 Å². The van der Waals surface area contributed by atoms with Crippen LogP contribution in [0.15, 0.2) is 0 Å².